The molecule has 3 heteroatoms. The van der Waals surface area contributed by atoms with Crippen LogP contribution in [0.3, 0.4) is 0 Å². The van der Waals surface area contributed by atoms with Crippen molar-refractivity contribution in [2.24, 2.45) is 5.92 Å². The van der Waals surface area contributed by atoms with E-state index in [-0.39, 0.29) is 12.2 Å². The van der Waals surface area contributed by atoms with Crippen molar-refractivity contribution in [3.8, 4) is 0 Å². The molecule has 1 N–H and O–H groups in total. The Morgan fingerprint density at radius 1 is 1.40 bits per heavy atom. The summed E-state index contributed by atoms with van der Waals surface area (Å²) < 4.78 is 5.55. The van der Waals surface area contributed by atoms with Crippen molar-refractivity contribution in [3.05, 3.63) is 0 Å². The number of fused-ring (bicyclic) bond motifs is 1. The van der Waals surface area contributed by atoms with Crippen molar-refractivity contribution in [2.75, 3.05) is 0 Å². The van der Waals surface area contributed by atoms with Gasteiger partial charge in [0.05, 0.1) is 12.2 Å². The van der Waals surface area contributed by atoms with Gasteiger partial charge in [0.1, 0.15) is 7.85 Å². The minimum Gasteiger partial charge on any atom is -0.390 e. The summed E-state index contributed by atoms with van der Waals surface area (Å²) in [5, 5.41) is 9.39. The molecule has 2 rings (SSSR count). The highest BCUT2D eigenvalue weighted by Gasteiger charge is 2.41. The van der Waals surface area contributed by atoms with Crippen LogP contribution in [0.4, 0.5) is 0 Å². The Morgan fingerprint density at radius 2 is 2.20 bits per heavy atom. The molecule has 10 heavy (non-hydrogen) atoms. The Balaban J connectivity index is 2.05. The van der Waals surface area contributed by atoms with Gasteiger partial charge in [-0.2, -0.15) is 0 Å². The number of hydrogen-bond donors (Lipinski definition) is 1. The zero-order valence-electron chi connectivity index (χ0n) is 6.29. The van der Waals surface area contributed by atoms with E-state index in [1.54, 1.807) is 0 Å². The first-order chi connectivity index (χ1) is 4.77. The van der Waals surface area contributed by atoms with Gasteiger partial charge in [0.25, 0.3) is 0 Å². The summed E-state index contributed by atoms with van der Waals surface area (Å²) in [4.78, 5) is 0. The number of hydrogen-bond acceptors (Lipinski definition) is 2. The van der Waals surface area contributed by atoms with Crippen LogP contribution in [0.15, 0.2) is 0 Å². The van der Waals surface area contributed by atoms with E-state index in [1.807, 2.05) is 0 Å². The highest BCUT2D eigenvalue weighted by molar-refractivity contribution is 6.11. The van der Waals surface area contributed by atoms with E-state index in [2.05, 4.69) is 7.85 Å². The molecule has 0 bridgehead atoms. The quantitative estimate of drug-likeness (QED) is 0.460. The smallest absolute Gasteiger partial charge is 0.139 e. The molecule has 0 radical (unpaired) electrons. The maximum Gasteiger partial charge on any atom is 0.139 e. The Hall–Kier alpha value is -0.0151. The third-order valence-corrected chi connectivity index (χ3v) is 2.70. The molecule has 1 saturated carbocycles. The molecule has 2 aliphatic rings. The lowest BCUT2D eigenvalue weighted by atomic mass is 9.91. The SMILES string of the molecule is BC1CC2CC[C@@H](O)C2O1. The molecule has 4 atom stereocenters. The lowest BCUT2D eigenvalue weighted by Crippen LogP contribution is -2.23. The highest BCUT2D eigenvalue weighted by atomic mass is 16.5. The Bertz CT molecular complexity index is 140. The second-order valence-corrected chi connectivity index (χ2v) is 3.55. The largest absolute Gasteiger partial charge is 0.390 e. The molecule has 2 fully saturated rings. The number of ether oxygens (including phenoxy) is 1. The van der Waals surface area contributed by atoms with Crippen LogP contribution < -0.4 is 0 Å². The molecule has 1 aliphatic carbocycles. The van der Waals surface area contributed by atoms with Crippen LogP contribution in [0.2, 0.25) is 0 Å². The fourth-order valence-corrected chi connectivity index (χ4v) is 2.23. The second kappa shape index (κ2) is 2.24. The van der Waals surface area contributed by atoms with Crippen LogP contribution >= 0.6 is 0 Å². The topological polar surface area (TPSA) is 29.5 Å². The predicted molar refractivity (Wildman–Crippen MR) is 40.6 cm³/mol. The van der Waals surface area contributed by atoms with Crippen LogP contribution in [-0.2, 0) is 4.74 Å². The van der Waals surface area contributed by atoms with Crippen molar-refractivity contribution in [1.82, 2.24) is 0 Å². The van der Waals surface area contributed by atoms with Crippen molar-refractivity contribution >= 4 is 7.85 Å². The molecule has 0 aromatic heterocycles. The summed E-state index contributed by atoms with van der Waals surface area (Å²) in [5.41, 5.74) is 0. The Labute approximate surface area is 62.0 Å². The van der Waals surface area contributed by atoms with E-state index in [0.29, 0.717) is 11.9 Å². The minimum atomic E-state index is -0.171. The van der Waals surface area contributed by atoms with E-state index >= 15 is 0 Å². The second-order valence-electron chi connectivity index (χ2n) is 3.55. The molecule has 0 aromatic carbocycles. The molecule has 0 amide bonds. The van der Waals surface area contributed by atoms with Gasteiger partial charge >= 0.3 is 0 Å². The van der Waals surface area contributed by atoms with E-state index in [9.17, 15) is 5.11 Å². The van der Waals surface area contributed by atoms with Gasteiger partial charge in [0, 0.05) is 6.00 Å². The zero-order chi connectivity index (χ0) is 7.14. The number of rotatable bonds is 0. The zero-order valence-corrected chi connectivity index (χ0v) is 6.29. The monoisotopic (exact) mass is 140 g/mol. The predicted octanol–water partition coefficient (Wildman–Crippen LogP) is -0.495. The van der Waals surface area contributed by atoms with E-state index in [0.717, 1.165) is 19.3 Å². The Morgan fingerprint density at radius 3 is 2.90 bits per heavy atom. The van der Waals surface area contributed by atoms with Gasteiger partial charge < -0.3 is 9.84 Å². The standard InChI is InChI=1S/C7H13BO2/c8-6-3-4-1-2-5(9)7(4)10-6/h4-7,9H,1-3,8H2/t4?,5-,6?,7?/m1/s1. The molecular weight excluding hydrogens is 127 g/mol. The first-order valence-corrected chi connectivity index (χ1v) is 4.11. The molecule has 1 saturated heterocycles. The van der Waals surface area contributed by atoms with E-state index < -0.39 is 0 Å². The third-order valence-electron chi connectivity index (χ3n) is 2.70. The summed E-state index contributed by atoms with van der Waals surface area (Å²) in [7, 11) is 2.09. The minimum absolute atomic E-state index is 0.171. The van der Waals surface area contributed by atoms with Crippen LogP contribution in [0, 0.1) is 5.92 Å². The molecule has 1 heterocycles. The summed E-state index contributed by atoms with van der Waals surface area (Å²) in [6.45, 7) is 0. The average molecular weight is 140 g/mol. The molecule has 1 aliphatic heterocycles. The normalized spacial score (nSPS) is 53.3. The fraction of sp³-hybridized carbons (Fsp3) is 1.00. The lowest BCUT2D eigenvalue weighted by molar-refractivity contribution is -0.00470. The van der Waals surface area contributed by atoms with Gasteiger partial charge in [-0.25, -0.2) is 0 Å². The summed E-state index contributed by atoms with van der Waals surface area (Å²) >= 11 is 0. The Kier molecular flexibility index (Phi) is 1.50. The van der Waals surface area contributed by atoms with Gasteiger partial charge in [-0.05, 0) is 25.2 Å². The average Bonchev–Trinajstić information content (AvgIpc) is 2.35. The lowest BCUT2D eigenvalue weighted by Gasteiger charge is -2.12. The fourth-order valence-electron chi connectivity index (χ4n) is 2.23. The van der Waals surface area contributed by atoms with E-state index in [1.165, 1.54) is 0 Å². The van der Waals surface area contributed by atoms with Crippen LogP contribution in [0.25, 0.3) is 0 Å². The maximum absolute atomic E-state index is 9.39. The van der Waals surface area contributed by atoms with Crippen molar-refractivity contribution in [3.63, 3.8) is 0 Å². The van der Waals surface area contributed by atoms with E-state index in [4.69, 9.17) is 4.74 Å². The van der Waals surface area contributed by atoms with Crippen molar-refractivity contribution < 1.29 is 9.84 Å². The molecule has 56 valence electrons. The van der Waals surface area contributed by atoms with Gasteiger partial charge in [0.15, 0.2) is 0 Å². The van der Waals surface area contributed by atoms with Gasteiger partial charge in [0.2, 0.25) is 0 Å². The highest BCUT2D eigenvalue weighted by Crippen LogP contribution is 2.37. The van der Waals surface area contributed by atoms with Crippen molar-refractivity contribution in [2.45, 2.75) is 37.5 Å². The van der Waals surface area contributed by atoms with Gasteiger partial charge in [-0.1, -0.05) is 0 Å². The first kappa shape index (κ1) is 6.68. The first-order valence-electron chi connectivity index (χ1n) is 4.11. The molecule has 2 nitrogen and oxygen atoms in total. The van der Waals surface area contributed by atoms with Crippen LogP contribution in [0.1, 0.15) is 19.3 Å². The number of aliphatic hydroxyl groups excluding tert-OH is 1. The molecular formula is C7H13BO2. The van der Waals surface area contributed by atoms with Crippen LogP contribution in [0.5, 0.6) is 0 Å². The van der Waals surface area contributed by atoms with Gasteiger partial charge in [-0.3, -0.25) is 0 Å². The van der Waals surface area contributed by atoms with Crippen molar-refractivity contribution in [1.29, 1.82) is 0 Å². The van der Waals surface area contributed by atoms with Crippen LogP contribution in [-0.4, -0.2) is 31.2 Å². The third kappa shape index (κ3) is 0.885. The number of aliphatic hydroxyl groups is 1. The molecule has 0 aromatic rings. The van der Waals surface area contributed by atoms with Gasteiger partial charge in [-0.15, -0.1) is 0 Å². The summed E-state index contributed by atoms with van der Waals surface area (Å²) in [6.07, 6.45) is 3.27. The summed E-state index contributed by atoms with van der Waals surface area (Å²) in [6, 6.07) is 0.380. The molecule has 0 spiro atoms. The maximum atomic E-state index is 9.39. The molecule has 3 unspecified atom stereocenters. The summed E-state index contributed by atoms with van der Waals surface area (Å²) in [5.74, 6) is 0.657.